The third-order valence-corrected chi connectivity index (χ3v) is 6.07. The van der Waals surface area contributed by atoms with Crippen molar-refractivity contribution in [2.75, 3.05) is 13.2 Å². The summed E-state index contributed by atoms with van der Waals surface area (Å²) < 4.78 is 90.0. The summed E-state index contributed by atoms with van der Waals surface area (Å²) in [5.41, 5.74) is 4.52. The van der Waals surface area contributed by atoms with Crippen molar-refractivity contribution in [2.24, 2.45) is 10.9 Å². The average molecular weight is 543 g/mol. The van der Waals surface area contributed by atoms with Crippen molar-refractivity contribution in [1.29, 1.82) is 0 Å². The Morgan fingerprint density at radius 3 is 2.50 bits per heavy atom. The average Bonchev–Trinajstić information content (AvgIpc) is 3.55. The Morgan fingerprint density at radius 2 is 1.84 bits per heavy atom. The van der Waals surface area contributed by atoms with Gasteiger partial charge in [-0.05, 0) is 61.6 Å². The highest BCUT2D eigenvalue weighted by molar-refractivity contribution is 5.78. The van der Waals surface area contributed by atoms with E-state index < -0.39 is 35.3 Å². The van der Waals surface area contributed by atoms with E-state index in [1.165, 1.54) is 18.2 Å². The largest absolute Gasteiger partial charge is 0.493 e. The highest BCUT2D eigenvalue weighted by atomic mass is 19.4. The van der Waals surface area contributed by atoms with Gasteiger partial charge >= 0.3 is 12.4 Å². The van der Waals surface area contributed by atoms with Crippen LogP contribution in [0.5, 0.6) is 5.75 Å². The standard InChI is InChI=1S/C24H23F6N5O3/c25-23(26,27)16-8-5-14(6-9-16)3-2-12-37-19-10-7-15(13-17(19)24(28,29)30)20-32-21(38-34-20)18-4-1-11-35(18)22(31)33-36/h5-10,13,18,36H,1-4,11-12H2,(H2,31,33)/t18-/m0/s1. The number of oxime groups is 1. The maximum atomic E-state index is 13.8. The summed E-state index contributed by atoms with van der Waals surface area (Å²) in [6.07, 6.45) is -7.28. The fourth-order valence-corrected chi connectivity index (χ4v) is 4.18. The zero-order valence-electron chi connectivity index (χ0n) is 19.8. The molecule has 0 bridgehead atoms. The van der Waals surface area contributed by atoms with Gasteiger partial charge in [0.25, 0.3) is 0 Å². The molecule has 3 aromatic rings. The summed E-state index contributed by atoms with van der Waals surface area (Å²) in [4.78, 5) is 5.78. The maximum absolute atomic E-state index is 13.8. The lowest BCUT2D eigenvalue weighted by atomic mass is 10.1. The molecule has 0 saturated carbocycles. The molecule has 2 heterocycles. The van der Waals surface area contributed by atoms with Crippen molar-refractivity contribution in [3.8, 4) is 17.1 Å². The van der Waals surface area contributed by atoms with Gasteiger partial charge in [-0.3, -0.25) is 0 Å². The van der Waals surface area contributed by atoms with Crippen LogP contribution in [0.4, 0.5) is 26.3 Å². The number of benzene rings is 2. The third kappa shape index (κ3) is 6.11. The molecule has 1 aliphatic rings. The van der Waals surface area contributed by atoms with Crippen molar-refractivity contribution in [2.45, 2.75) is 44.1 Å². The second-order valence-electron chi connectivity index (χ2n) is 8.62. The summed E-state index contributed by atoms with van der Waals surface area (Å²) in [7, 11) is 0. The second kappa shape index (κ2) is 10.8. The quantitative estimate of drug-likeness (QED) is 0.0993. The number of nitrogens with two attached hydrogens (primary N) is 1. The number of hydrogen-bond donors (Lipinski definition) is 2. The number of alkyl halides is 6. The van der Waals surface area contributed by atoms with Gasteiger partial charge in [0.1, 0.15) is 11.8 Å². The number of likely N-dealkylation sites (tertiary alicyclic amines) is 1. The molecule has 1 atom stereocenters. The van der Waals surface area contributed by atoms with Crippen molar-refractivity contribution >= 4 is 5.96 Å². The molecule has 8 nitrogen and oxygen atoms in total. The van der Waals surface area contributed by atoms with E-state index in [-0.39, 0.29) is 36.3 Å². The number of halogens is 6. The number of aryl methyl sites for hydroxylation is 1. The Kier molecular flexibility index (Phi) is 7.69. The molecule has 0 radical (unpaired) electrons. The van der Waals surface area contributed by atoms with E-state index in [0.29, 0.717) is 31.4 Å². The molecule has 1 fully saturated rings. The third-order valence-electron chi connectivity index (χ3n) is 6.07. The van der Waals surface area contributed by atoms with Gasteiger partial charge in [0.15, 0.2) is 0 Å². The molecule has 14 heteroatoms. The molecule has 1 saturated heterocycles. The Bertz CT molecular complexity index is 1270. The molecule has 4 rings (SSSR count). The number of rotatable bonds is 7. The Labute approximate surface area is 212 Å². The van der Waals surface area contributed by atoms with Crippen LogP contribution < -0.4 is 10.5 Å². The molecular weight excluding hydrogens is 520 g/mol. The van der Waals surface area contributed by atoms with Gasteiger partial charge in [0, 0.05) is 12.1 Å². The Hall–Kier alpha value is -3.97. The normalized spacial score (nSPS) is 16.7. The molecule has 38 heavy (non-hydrogen) atoms. The first kappa shape index (κ1) is 27.1. The van der Waals surface area contributed by atoms with Crippen LogP contribution in [0.2, 0.25) is 0 Å². The van der Waals surface area contributed by atoms with Crippen LogP contribution in [0.25, 0.3) is 11.4 Å². The van der Waals surface area contributed by atoms with Crippen molar-refractivity contribution in [3.63, 3.8) is 0 Å². The first-order valence-electron chi connectivity index (χ1n) is 11.6. The lowest BCUT2D eigenvalue weighted by molar-refractivity contribution is -0.139. The van der Waals surface area contributed by atoms with Crippen LogP contribution in [0.3, 0.4) is 0 Å². The van der Waals surface area contributed by atoms with E-state index in [9.17, 15) is 26.3 Å². The molecule has 0 aliphatic carbocycles. The van der Waals surface area contributed by atoms with Crippen molar-refractivity contribution in [3.05, 3.63) is 65.0 Å². The monoisotopic (exact) mass is 543 g/mol. The van der Waals surface area contributed by atoms with Gasteiger partial charge in [-0.25, -0.2) is 0 Å². The molecule has 204 valence electrons. The van der Waals surface area contributed by atoms with E-state index in [0.717, 1.165) is 24.3 Å². The van der Waals surface area contributed by atoms with E-state index in [1.807, 2.05) is 0 Å². The van der Waals surface area contributed by atoms with Crippen molar-refractivity contribution in [1.82, 2.24) is 15.0 Å². The molecule has 3 N–H and O–H groups in total. The van der Waals surface area contributed by atoms with Gasteiger partial charge in [0.05, 0.1) is 17.7 Å². The lowest BCUT2D eigenvalue weighted by Gasteiger charge is -2.21. The van der Waals surface area contributed by atoms with Gasteiger partial charge in [-0.2, -0.15) is 31.3 Å². The number of guanidine groups is 1. The predicted molar refractivity (Wildman–Crippen MR) is 122 cm³/mol. The molecule has 1 aliphatic heterocycles. The minimum Gasteiger partial charge on any atom is -0.493 e. The lowest BCUT2D eigenvalue weighted by Crippen LogP contribution is -2.36. The highest BCUT2D eigenvalue weighted by Crippen LogP contribution is 2.39. The zero-order chi connectivity index (χ0) is 27.5. The van der Waals surface area contributed by atoms with Crippen LogP contribution >= 0.6 is 0 Å². The molecule has 0 amide bonds. The fraction of sp³-hybridized carbons (Fsp3) is 0.375. The van der Waals surface area contributed by atoms with Crippen LogP contribution in [0.1, 0.15) is 47.9 Å². The van der Waals surface area contributed by atoms with Crippen LogP contribution in [-0.4, -0.2) is 39.4 Å². The molecule has 0 spiro atoms. The van der Waals surface area contributed by atoms with Gasteiger partial charge in [-0.1, -0.05) is 22.4 Å². The zero-order valence-corrected chi connectivity index (χ0v) is 19.8. The van der Waals surface area contributed by atoms with Gasteiger partial charge in [0.2, 0.25) is 17.7 Å². The van der Waals surface area contributed by atoms with Crippen LogP contribution in [0.15, 0.2) is 52.1 Å². The Morgan fingerprint density at radius 1 is 1.11 bits per heavy atom. The van der Waals surface area contributed by atoms with Crippen molar-refractivity contribution < 1.29 is 40.8 Å². The molecule has 1 aromatic heterocycles. The molecule has 0 unspecified atom stereocenters. The minimum absolute atomic E-state index is 0.0535. The number of hydrogen-bond acceptors (Lipinski definition) is 6. The summed E-state index contributed by atoms with van der Waals surface area (Å²) in [5.74, 6) is -0.468. The van der Waals surface area contributed by atoms with Gasteiger partial charge < -0.3 is 25.1 Å². The van der Waals surface area contributed by atoms with E-state index >= 15 is 0 Å². The summed E-state index contributed by atoms with van der Waals surface area (Å²) in [5, 5.41) is 15.7. The first-order valence-corrected chi connectivity index (χ1v) is 11.6. The summed E-state index contributed by atoms with van der Waals surface area (Å²) in [6.45, 7) is 0.405. The van der Waals surface area contributed by atoms with E-state index in [4.69, 9.17) is 20.2 Å². The molecular formula is C24H23F6N5O3. The summed E-state index contributed by atoms with van der Waals surface area (Å²) >= 11 is 0. The number of nitrogens with zero attached hydrogens (tertiary/aromatic N) is 4. The SMILES string of the molecule is N/C(=N\O)N1CCC[C@H]1c1nc(-c2ccc(OCCCc3ccc(C(F)(F)F)cc3)c(C(F)(F)F)c2)no1. The highest BCUT2D eigenvalue weighted by Gasteiger charge is 2.36. The first-order chi connectivity index (χ1) is 18.0. The Balaban J connectivity index is 1.44. The maximum Gasteiger partial charge on any atom is 0.419 e. The predicted octanol–water partition coefficient (Wildman–Crippen LogP) is 5.63. The smallest absolute Gasteiger partial charge is 0.419 e. The van der Waals surface area contributed by atoms with Crippen LogP contribution in [-0.2, 0) is 18.8 Å². The number of aromatic nitrogens is 2. The molecule has 2 aromatic carbocycles. The number of ether oxygens (including phenoxy) is 1. The summed E-state index contributed by atoms with van der Waals surface area (Å²) in [6, 6.07) is 7.48. The fourth-order valence-electron chi connectivity index (χ4n) is 4.18. The topological polar surface area (TPSA) is 110 Å². The van der Waals surface area contributed by atoms with Gasteiger partial charge in [-0.15, -0.1) is 0 Å². The minimum atomic E-state index is -4.74. The van der Waals surface area contributed by atoms with Crippen LogP contribution in [0, 0.1) is 0 Å². The van der Waals surface area contributed by atoms with E-state index in [2.05, 4.69) is 15.3 Å². The van der Waals surface area contributed by atoms with E-state index in [1.54, 1.807) is 4.90 Å². The second-order valence-corrected chi connectivity index (χ2v) is 8.62.